The van der Waals surface area contributed by atoms with Crippen molar-refractivity contribution < 1.29 is 32.2 Å². The summed E-state index contributed by atoms with van der Waals surface area (Å²) < 4.78 is 51.1. The number of carbonyl (C=O) groups is 2. The van der Waals surface area contributed by atoms with Gasteiger partial charge in [-0.25, -0.2) is 0 Å². The molecule has 2 atom stereocenters. The Hall–Kier alpha value is -2.95. The Labute approximate surface area is 214 Å². The van der Waals surface area contributed by atoms with Crippen LogP contribution in [0.3, 0.4) is 0 Å². The molecule has 0 unspecified atom stereocenters. The zero-order valence-corrected chi connectivity index (χ0v) is 20.7. The van der Waals surface area contributed by atoms with Crippen molar-refractivity contribution in [3.8, 4) is 0 Å². The average molecular weight is 520 g/mol. The maximum absolute atomic E-state index is 13.9. The molecule has 2 aromatic carbocycles. The van der Waals surface area contributed by atoms with Gasteiger partial charge in [0, 0.05) is 44.2 Å². The minimum atomic E-state index is -4.57. The number of nitrogens with one attached hydrogen (secondary N) is 2. The maximum Gasteiger partial charge on any atom is 0.416 e. The third-order valence-electron chi connectivity index (χ3n) is 7.12. The van der Waals surface area contributed by atoms with Crippen LogP contribution in [0.25, 0.3) is 0 Å². The van der Waals surface area contributed by atoms with Crippen molar-refractivity contribution >= 4 is 17.5 Å². The number of halogens is 3. The van der Waals surface area contributed by atoms with Gasteiger partial charge in [0.05, 0.1) is 23.8 Å². The van der Waals surface area contributed by atoms with E-state index in [4.69, 9.17) is 9.47 Å². The largest absolute Gasteiger partial charge is 0.416 e. The van der Waals surface area contributed by atoms with E-state index in [1.165, 1.54) is 12.1 Å². The highest BCUT2D eigenvalue weighted by Crippen LogP contribution is 2.41. The Kier molecular flexibility index (Phi) is 8.51. The van der Waals surface area contributed by atoms with Crippen LogP contribution in [0.4, 0.5) is 18.9 Å². The van der Waals surface area contributed by atoms with Crippen molar-refractivity contribution in [1.82, 2.24) is 10.6 Å². The topological polar surface area (TPSA) is 79.9 Å². The Balaban J connectivity index is 1.64. The second kappa shape index (κ2) is 11.6. The molecule has 2 heterocycles. The van der Waals surface area contributed by atoms with Gasteiger partial charge in [0.25, 0.3) is 5.91 Å². The van der Waals surface area contributed by atoms with Crippen LogP contribution in [0.1, 0.15) is 35.7 Å². The molecular weight excluding hydrogens is 487 g/mol. The zero-order valence-electron chi connectivity index (χ0n) is 20.7. The van der Waals surface area contributed by atoms with Crippen molar-refractivity contribution in [1.29, 1.82) is 0 Å². The predicted octanol–water partition coefficient (Wildman–Crippen LogP) is 3.64. The Morgan fingerprint density at radius 3 is 2.54 bits per heavy atom. The molecular formula is C27H32F3N3O4. The number of amides is 2. The molecule has 0 saturated carbocycles. The lowest BCUT2D eigenvalue weighted by Crippen LogP contribution is -2.66. The van der Waals surface area contributed by atoms with Crippen LogP contribution >= 0.6 is 0 Å². The molecule has 2 amide bonds. The molecule has 37 heavy (non-hydrogen) atoms. The van der Waals surface area contributed by atoms with Crippen LogP contribution in [0.2, 0.25) is 0 Å². The fourth-order valence-corrected chi connectivity index (χ4v) is 5.48. The van der Waals surface area contributed by atoms with Gasteiger partial charge in [-0.15, -0.1) is 0 Å². The standard InChI is InChI=1S/C27H32F3N3O4/c1-2-37-23-16-31-18-26(23,20-11-13-36-14-12-20)33(22-9-4-3-5-10-22)24(34)17-32-25(35)19-7-6-8-21(15-19)27(28,29)30/h3-10,15,20,23,31H,2,11-14,16-18H2,1H3,(H,32,35)/t23-,26+/m1/s1. The fraction of sp³-hybridized carbons (Fsp3) is 0.481. The molecule has 0 aliphatic carbocycles. The highest BCUT2D eigenvalue weighted by Gasteiger charge is 2.55. The number of anilines is 1. The van der Waals surface area contributed by atoms with E-state index >= 15 is 0 Å². The van der Waals surface area contributed by atoms with Crippen LogP contribution in [0, 0.1) is 5.92 Å². The van der Waals surface area contributed by atoms with Gasteiger partial charge in [-0.3, -0.25) is 9.59 Å². The normalized spacial score (nSPS) is 22.5. The van der Waals surface area contributed by atoms with Crippen LogP contribution in [0.5, 0.6) is 0 Å². The molecule has 7 nitrogen and oxygen atoms in total. The summed E-state index contributed by atoms with van der Waals surface area (Å²) in [5, 5.41) is 5.94. The number of alkyl halides is 3. The minimum absolute atomic E-state index is 0.0797. The quantitative estimate of drug-likeness (QED) is 0.557. The highest BCUT2D eigenvalue weighted by molar-refractivity contribution is 6.01. The van der Waals surface area contributed by atoms with Crippen LogP contribution in [-0.4, -0.2) is 62.9 Å². The predicted molar refractivity (Wildman–Crippen MR) is 132 cm³/mol. The first-order valence-electron chi connectivity index (χ1n) is 12.5. The van der Waals surface area contributed by atoms with Gasteiger partial charge in [0.1, 0.15) is 0 Å². The van der Waals surface area contributed by atoms with Crippen LogP contribution in [-0.2, 0) is 20.4 Å². The van der Waals surface area contributed by atoms with E-state index in [-0.39, 0.29) is 30.0 Å². The van der Waals surface area contributed by atoms with Gasteiger partial charge in [-0.05, 0) is 56.0 Å². The number of para-hydroxylation sites is 1. The number of rotatable bonds is 8. The summed E-state index contributed by atoms with van der Waals surface area (Å²) in [6.45, 7) is 4.23. The lowest BCUT2D eigenvalue weighted by Gasteiger charge is -2.50. The fourth-order valence-electron chi connectivity index (χ4n) is 5.48. The summed E-state index contributed by atoms with van der Waals surface area (Å²) in [5.41, 5.74) is -1.14. The number of hydrogen-bond donors (Lipinski definition) is 2. The number of hydrogen-bond acceptors (Lipinski definition) is 5. The van der Waals surface area contributed by atoms with Crippen molar-refractivity contribution in [2.45, 2.75) is 37.6 Å². The number of carbonyl (C=O) groups excluding carboxylic acids is 2. The van der Waals surface area contributed by atoms with Gasteiger partial charge in [-0.1, -0.05) is 24.3 Å². The third-order valence-corrected chi connectivity index (χ3v) is 7.12. The summed E-state index contributed by atoms with van der Waals surface area (Å²) >= 11 is 0. The smallest absolute Gasteiger partial charge is 0.381 e. The van der Waals surface area contributed by atoms with Gasteiger partial charge >= 0.3 is 6.18 Å². The van der Waals surface area contributed by atoms with Crippen molar-refractivity contribution in [2.24, 2.45) is 5.92 Å². The summed E-state index contributed by atoms with van der Waals surface area (Å²) in [4.78, 5) is 28.4. The van der Waals surface area contributed by atoms with Crippen LogP contribution in [0.15, 0.2) is 54.6 Å². The second-order valence-corrected chi connectivity index (χ2v) is 9.28. The molecule has 2 saturated heterocycles. The van der Waals surface area contributed by atoms with E-state index < -0.39 is 23.2 Å². The monoisotopic (exact) mass is 519 g/mol. The molecule has 0 bridgehead atoms. The van der Waals surface area contributed by atoms with Gasteiger partial charge in [0.15, 0.2) is 0 Å². The molecule has 2 aliphatic heterocycles. The summed E-state index contributed by atoms with van der Waals surface area (Å²) in [6.07, 6.45) is -3.36. The van der Waals surface area contributed by atoms with E-state index in [9.17, 15) is 22.8 Å². The van der Waals surface area contributed by atoms with E-state index in [1.807, 2.05) is 37.3 Å². The highest BCUT2D eigenvalue weighted by atomic mass is 19.4. The lowest BCUT2D eigenvalue weighted by atomic mass is 9.74. The summed E-state index contributed by atoms with van der Waals surface area (Å²) in [5.74, 6) is -1.04. The van der Waals surface area contributed by atoms with Crippen molar-refractivity contribution in [3.05, 3.63) is 65.7 Å². The Morgan fingerprint density at radius 2 is 1.86 bits per heavy atom. The summed E-state index contributed by atoms with van der Waals surface area (Å²) in [7, 11) is 0. The van der Waals surface area contributed by atoms with E-state index in [0.717, 1.165) is 25.0 Å². The van der Waals surface area contributed by atoms with Crippen molar-refractivity contribution in [2.75, 3.05) is 44.4 Å². The molecule has 0 spiro atoms. The first-order valence-corrected chi connectivity index (χ1v) is 12.5. The molecule has 2 aromatic rings. The van der Waals surface area contributed by atoms with Gasteiger partial charge in [0.2, 0.25) is 5.91 Å². The second-order valence-electron chi connectivity index (χ2n) is 9.28. The average Bonchev–Trinajstić information content (AvgIpc) is 3.32. The molecule has 0 aromatic heterocycles. The van der Waals surface area contributed by atoms with E-state index in [1.54, 1.807) is 4.90 Å². The molecule has 2 fully saturated rings. The first-order chi connectivity index (χ1) is 17.8. The van der Waals surface area contributed by atoms with Crippen LogP contribution < -0.4 is 15.5 Å². The lowest BCUT2D eigenvalue weighted by molar-refractivity contribution is -0.137. The van der Waals surface area contributed by atoms with E-state index in [0.29, 0.717) is 38.6 Å². The van der Waals surface area contributed by atoms with Gasteiger partial charge < -0.3 is 25.0 Å². The van der Waals surface area contributed by atoms with Crippen molar-refractivity contribution in [3.63, 3.8) is 0 Å². The molecule has 2 N–H and O–H groups in total. The Bertz CT molecular complexity index is 1080. The minimum Gasteiger partial charge on any atom is -0.381 e. The summed E-state index contributed by atoms with van der Waals surface area (Å²) in [6, 6.07) is 13.4. The first kappa shape index (κ1) is 27.1. The third kappa shape index (κ3) is 5.81. The Morgan fingerprint density at radius 1 is 1.14 bits per heavy atom. The number of nitrogens with zero attached hydrogens (tertiary/aromatic N) is 1. The SMILES string of the molecule is CCO[C@@H]1CNC[C@@]1(C1CCOCC1)N(C(=O)CNC(=O)c1cccc(C(F)(F)F)c1)c1ccccc1. The number of benzene rings is 2. The maximum atomic E-state index is 13.9. The molecule has 10 heteroatoms. The molecule has 2 aliphatic rings. The molecule has 4 rings (SSSR count). The molecule has 0 radical (unpaired) electrons. The van der Waals surface area contributed by atoms with Gasteiger partial charge in [-0.2, -0.15) is 13.2 Å². The van der Waals surface area contributed by atoms with E-state index in [2.05, 4.69) is 10.6 Å². The molecule has 200 valence electrons. The zero-order chi connectivity index (χ0) is 26.5. The number of ether oxygens (including phenoxy) is 2.